The number of carboxylic acids is 1. The number of aliphatic carboxylic acids is 1. The number of nitrogens with zero attached hydrogens (tertiary/aromatic N) is 2. The molecule has 0 unspecified atom stereocenters. The first-order chi connectivity index (χ1) is 7.69. The zero-order valence-electron chi connectivity index (χ0n) is 9.06. The van der Waals surface area contributed by atoms with Crippen LogP contribution in [0.2, 0.25) is 0 Å². The molecular weight excluding hydrogens is 214 g/mol. The Bertz CT molecular complexity index is 348. The van der Waals surface area contributed by atoms with Gasteiger partial charge in [0.15, 0.2) is 0 Å². The molecule has 0 aliphatic heterocycles. The largest absolute Gasteiger partial charge is 0.481 e. The molecule has 0 aliphatic rings. The van der Waals surface area contributed by atoms with Gasteiger partial charge < -0.3 is 19.9 Å². The van der Waals surface area contributed by atoms with E-state index in [1.807, 2.05) is 0 Å². The molecule has 0 fully saturated rings. The number of aromatic nitrogens is 2. The van der Waals surface area contributed by atoms with E-state index in [1.165, 1.54) is 20.5 Å². The minimum Gasteiger partial charge on any atom is -0.481 e. The number of hydrogen-bond acceptors (Lipinski definition) is 6. The van der Waals surface area contributed by atoms with Crippen molar-refractivity contribution >= 4 is 5.97 Å². The molecule has 7 heteroatoms. The molecule has 0 aliphatic carbocycles. The topological polar surface area (TPSA) is 93.6 Å². The zero-order valence-corrected chi connectivity index (χ0v) is 9.06. The maximum atomic E-state index is 10.3. The summed E-state index contributed by atoms with van der Waals surface area (Å²) in [4.78, 5) is 18.1. The maximum Gasteiger partial charge on any atom is 0.317 e. The maximum absolute atomic E-state index is 10.3. The van der Waals surface area contributed by atoms with Gasteiger partial charge >= 0.3 is 5.97 Å². The van der Waals surface area contributed by atoms with Gasteiger partial charge in [0.2, 0.25) is 11.8 Å². The second-order valence-electron chi connectivity index (χ2n) is 2.87. The Labute approximate surface area is 92.4 Å². The number of nitrogens with one attached hydrogen (secondary N) is 1. The van der Waals surface area contributed by atoms with Crippen molar-refractivity contribution in [3.05, 3.63) is 11.9 Å². The molecular formula is C9H13N3O4. The Hall–Kier alpha value is -1.89. The monoisotopic (exact) mass is 227 g/mol. The third kappa shape index (κ3) is 3.06. The van der Waals surface area contributed by atoms with Gasteiger partial charge in [-0.1, -0.05) is 0 Å². The molecule has 1 aromatic rings. The Morgan fingerprint density at radius 2 is 1.94 bits per heavy atom. The fraction of sp³-hybridized carbons (Fsp3) is 0.444. The van der Waals surface area contributed by atoms with Gasteiger partial charge in [-0.05, 0) is 0 Å². The first kappa shape index (κ1) is 12.2. The molecule has 0 atom stereocenters. The van der Waals surface area contributed by atoms with Crippen LogP contribution in [0.4, 0.5) is 0 Å². The second kappa shape index (κ2) is 5.86. The van der Waals surface area contributed by atoms with Crippen LogP contribution >= 0.6 is 0 Å². The summed E-state index contributed by atoms with van der Waals surface area (Å²) in [6.07, 6.45) is 1.32. The minimum atomic E-state index is -0.935. The Balaban J connectivity index is 2.78. The van der Waals surface area contributed by atoms with Crippen LogP contribution in [0, 0.1) is 0 Å². The highest BCUT2D eigenvalue weighted by molar-refractivity contribution is 5.69. The third-order valence-electron chi connectivity index (χ3n) is 1.83. The summed E-state index contributed by atoms with van der Waals surface area (Å²) in [5, 5.41) is 11.2. The highest BCUT2D eigenvalue weighted by Crippen LogP contribution is 2.22. The molecule has 0 bridgehead atoms. The molecule has 0 aromatic carbocycles. The molecule has 1 aromatic heterocycles. The van der Waals surface area contributed by atoms with Crippen molar-refractivity contribution in [1.82, 2.24) is 15.3 Å². The lowest BCUT2D eigenvalue weighted by Crippen LogP contribution is -2.22. The van der Waals surface area contributed by atoms with Crippen LogP contribution in [0.3, 0.4) is 0 Å². The smallest absolute Gasteiger partial charge is 0.317 e. The molecule has 0 amide bonds. The van der Waals surface area contributed by atoms with Gasteiger partial charge in [-0.15, -0.1) is 0 Å². The van der Waals surface area contributed by atoms with Crippen molar-refractivity contribution < 1.29 is 19.4 Å². The van der Waals surface area contributed by atoms with Crippen LogP contribution in [-0.2, 0) is 11.3 Å². The quantitative estimate of drug-likeness (QED) is 0.687. The van der Waals surface area contributed by atoms with E-state index < -0.39 is 5.97 Å². The van der Waals surface area contributed by atoms with Crippen LogP contribution in [0.5, 0.6) is 11.8 Å². The third-order valence-corrected chi connectivity index (χ3v) is 1.83. The molecule has 88 valence electrons. The summed E-state index contributed by atoms with van der Waals surface area (Å²) in [6, 6.07) is 0. The SMILES string of the molecule is COc1ncnc(OC)c1CNCC(=O)O. The van der Waals surface area contributed by atoms with Crippen LogP contribution in [0.25, 0.3) is 0 Å². The molecule has 0 saturated heterocycles. The number of carboxylic acid groups (broad SMARTS) is 1. The summed E-state index contributed by atoms with van der Waals surface area (Å²) < 4.78 is 10.1. The van der Waals surface area contributed by atoms with Gasteiger partial charge in [0.1, 0.15) is 6.33 Å². The van der Waals surface area contributed by atoms with E-state index in [2.05, 4.69) is 15.3 Å². The van der Waals surface area contributed by atoms with Gasteiger partial charge in [-0.3, -0.25) is 4.79 Å². The first-order valence-corrected chi connectivity index (χ1v) is 4.53. The van der Waals surface area contributed by atoms with E-state index in [-0.39, 0.29) is 13.1 Å². The zero-order chi connectivity index (χ0) is 12.0. The van der Waals surface area contributed by atoms with Crippen molar-refractivity contribution in [1.29, 1.82) is 0 Å². The van der Waals surface area contributed by atoms with Gasteiger partial charge in [-0.2, -0.15) is 0 Å². The van der Waals surface area contributed by atoms with Crippen molar-refractivity contribution in [2.45, 2.75) is 6.54 Å². The van der Waals surface area contributed by atoms with E-state index in [9.17, 15) is 4.79 Å². The molecule has 0 radical (unpaired) electrons. The molecule has 1 heterocycles. The van der Waals surface area contributed by atoms with Crippen LogP contribution in [-0.4, -0.2) is 41.8 Å². The Kier molecular flexibility index (Phi) is 4.46. The van der Waals surface area contributed by atoms with Crippen molar-refractivity contribution in [2.75, 3.05) is 20.8 Å². The number of methoxy groups -OCH3 is 2. The predicted molar refractivity (Wildman–Crippen MR) is 54.5 cm³/mol. The fourth-order valence-corrected chi connectivity index (χ4v) is 1.18. The van der Waals surface area contributed by atoms with Crippen molar-refractivity contribution in [3.8, 4) is 11.8 Å². The summed E-state index contributed by atoms with van der Waals surface area (Å²) in [5.74, 6) is -0.204. The highest BCUT2D eigenvalue weighted by Gasteiger charge is 2.12. The fourth-order valence-electron chi connectivity index (χ4n) is 1.18. The van der Waals surface area contributed by atoms with Crippen LogP contribution < -0.4 is 14.8 Å². The van der Waals surface area contributed by atoms with Gasteiger partial charge in [0, 0.05) is 6.54 Å². The number of carbonyl (C=O) groups is 1. The molecule has 7 nitrogen and oxygen atoms in total. The average Bonchev–Trinajstić information content (AvgIpc) is 2.28. The lowest BCUT2D eigenvalue weighted by molar-refractivity contribution is -0.136. The standard InChI is InChI=1S/C9H13N3O4/c1-15-8-6(3-10-4-7(13)14)9(16-2)12-5-11-8/h5,10H,3-4H2,1-2H3,(H,13,14). The van der Waals surface area contributed by atoms with Crippen molar-refractivity contribution in [3.63, 3.8) is 0 Å². The van der Waals surface area contributed by atoms with E-state index in [0.717, 1.165) is 0 Å². The lowest BCUT2D eigenvalue weighted by Gasteiger charge is -2.10. The molecule has 0 spiro atoms. The van der Waals surface area contributed by atoms with E-state index >= 15 is 0 Å². The van der Waals surface area contributed by atoms with Crippen molar-refractivity contribution in [2.24, 2.45) is 0 Å². The Morgan fingerprint density at radius 3 is 2.38 bits per heavy atom. The lowest BCUT2D eigenvalue weighted by atomic mass is 10.3. The van der Waals surface area contributed by atoms with Gasteiger partial charge in [-0.25, -0.2) is 9.97 Å². The predicted octanol–water partition coefficient (Wildman–Crippen LogP) is -0.332. The van der Waals surface area contributed by atoms with Gasteiger partial charge in [0.05, 0.1) is 26.3 Å². The summed E-state index contributed by atoms with van der Waals surface area (Å²) in [6.45, 7) is 0.112. The summed E-state index contributed by atoms with van der Waals surface area (Å²) >= 11 is 0. The van der Waals surface area contributed by atoms with Crippen LogP contribution in [0.1, 0.15) is 5.56 Å². The minimum absolute atomic E-state index is 0.152. The first-order valence-electron chi connectivity index (χ1n) is 4.53. The van der Waals surface area contributed by atoms with Gasteiger partial charge in [0.25, 0.3) is 0 Å². The normalized spacial score (nSPS) is 9.88. The van der Waals surface area contributed by atoms with E-state index in [0.29, 0.717) is 17.3 Å². The van der Waals surface area contributed by atoms with E-state index in [1.54, 1.807) is 0 Å². The van der Waals surface area contributed by atoms with E-state index in [4.69, 9.17) is 14.6 Å². The summed E-state index contributed by atoms with van der Waals surface area (Å²) in [7, 11) is 2.95. The Morgan fingerprint density at radius 1 is 1.38 bits per heavy atom. The summed E-state index contributed by atoms with van der Waals surface area (Å²) in [5.41, 5.74) is 0.591. The molecule has 16 heavy (non-hydrogen) atoms. The molecule has 2 N–H and O–H groups in total. The number of ether oxygens (including phenoxy) is 2. The highest BCUT2D eigenvalue weighted by atomic mass is 16.5. The second-order valence-corrected chi connectivity index (χ2v) is 2.87. The van der Waals surface area contributed by atoms with Crippen LogP contribution in [0.15, 0.2) is 6.33 Å². The number of hydrogen-bond donors (Lipinski definition) is 2. The average molecular weight is 227 g/mol. The number of rotatable bonds is 6. The molecule has 0 saturated carbocycles. The molecule has 1 rings (SSSR count).